The van der Waals surface area contributed by atoms with Crippen LogP contribution in [-0.4, -0.2) is 23.2 Å². The van der Waals surface area contributed by atoms with Crippen molar-refractivity contribution in [2.45, 2.75) is 26.4 Å². The number of hydrazine groups is 1. The zero-order chi connectivity index (χ0) is 12.1. The summed E-state index contributed by atoms with van der Waals surface area (Å²) in [6.45, 7) is 3.64. The molecule has 0 amide bonds. The zero-order valence-corrected chi connectivity index (χ0v) is 9.98. The average Bonchev–Trinajstić information content (AvgIpc) is 3.17. The number of hydrogen-bond acceptors (Lipinski definition) is 6. The Morgan fingerprint density at radius 3 is 2.94 bits per heavy atom. The zero-order valence-electron chi connectivity index (χ0n) is 9.98. The van der Waals surface area contributed by atoms with Crippen LogP contribution in [0.3, 0.4) is 0 Å². The number of aromatic nitrogens is 2. The van der Waals surface area contributed by atoms with E-state index in [1.165, 1.54) is 12.8 Å². The molecule has 0 bridgehead atoms. The van der Waals surface area contributed by atoms with Crippen LogP contribution >= 0.6 is 0 Å². The molecule has 0 aromatic carbocycles. The predicted octanol–water partition coefficient (Wildman–Crippen LogP) is 1.09. The molecule has 0 atom stereocenters. The number of nitrogens with two attached hydrogens (primary N) is 1. The van der Waals surface area contributed by atoms with Gasteiger partial charge in [0.25, 0.3) is 0 Å². The molecule has 0 unspecified atom stereocenters. The molecule has 94 valence electrons. The topological polar surface area (TPSA) is 82.3 Å². The van der Waals surface area contributed by atoms with E-state index in [2.05, 4.69) is 15.4 Å². The van der Waals surface area contributed by atoms with Gasteiger partial charge in [0.05, 0.1) is 6.61 Å². The summed E-state index contributed by atoms with van der Waals surface area (Å²) in [4.78, 5) is 8.44. The van der Waals surface area contributed by atoms with Gasteiger partial charge in [-0.05, 0) is 25.7 Å². The highest BCUT2D eigenvalue weighted by Crippen LogP contribution is 2.29. The molecule has 1 aliphatic rings. The lowest BCUT2D eigenvalue weighted by Crippen LogP contribution is -2.12. The highest BCUT2D eigenvalue weighted by molar-refractivity contribution is 5.36. The molecule has 1 aromatic rings. The number of nitrogens with one attached hydrogen (secondary N) is 1. The Kier molecular flexibility index (Phi) is 4.11. The first-order valence-electron chi connectivity index (χ1n) is 5.87. The fourth-order valence-corrected chi connectivity index (χ4v) is 1.37. The van der Waals surface area contributed by atoms with Gasteiger partial charge < -0.3 is 14.9 Å². The van der Waals surface area contributed by atoms with Gasteiger partial charge in [-0.15, -0.1) is 0 Å². The van der Waals surface area contributed by atoms with Crippen LogP contribution in [-0.2, 0) is 11.3 Å². The SMILES string of the molecule is CCOCc1nc(NN)cc(OCC2CC2)n1. The minimum Gasteiger partial charge on any atom is -0.477 e. The van der Waals surface area contributed by atoms with Crippen molar-refractivity contribution in [2.24, 2.45) is 11.8 Å². The fourth-order valence-electron chi connectivity index (χ4n) is 1.37. The van der Waals surface area contributed by atoms with Crippen molar-refractivity contribution in [2.75, 3.05) is 18.6 Å². The number of ether oxygens (including phenoxy) is 2. The second-order valence-corrected chi connectivity index (χ2v) is 4.04. The van der Waals surface area contributed by atoms with Crippen LogP contribution in [0.2, 0.25) is 0 Å². The summed E-state index contributed by atoms with van der Waals surface area (Å²) in [5.74, 6) is 7.71. The number of rotatable bonds is 7. The highest BCUT2D eigenvalue weighted by Gasteiger charge is 2.22. The molecule has 1 fully saturated rings. The van der Waals surface area contributed by atoms with Crippen molar-refractivity contribution in [3.05, 3.63) is 11.9 Å². The Balaban J connectivity index is 2.00. The van der Waals surface area contributed by atoms with E-state index in [0.717, 1.165) is 6.61 Å². The second kappa shape index (κ2) is 5.79. The van der Waals surface area contributed by atoms with E-state index in [9.17, 15) is 0 Å². The van der Waals surface area contributed by atoms with Crippen molar-refractivity contribution in [3.63, 3.8) is 0 Å². The van der Waals surface area contributed by atoms with E-state index >= 15 is 0 Å². The van der Waals surface area contributed by atoms with E-state index in [4.69, 9.17) is 15.3 Å². The third kappa shape index (κ3) is 3.83. The molecule has 0 saturated heterocycles. The van der Waals surface area contributed by atoms with Crippen LogP contribution in [0.1, 0.15) is 25.6 Å². The minimum absolute atomic E-state index is 0.367. The lowest BCUT2D eigenvalue weighted by Gasteiger charge is -2.08. The molecule has 3 N–H and O–H groups in total. The highest BCUT2D eigenvalue weighted by atomic mass is 16.5. The van der Waals surface area contributed by atoms with Gasteiger partial charge in [-0.2, -0.15) is 4.98 Å². The molecule has 2 rings (SSSR count). The summed E-state index contributed by atoms with van der Waals surface area (Å²) in [6.07, 6.45) is 2.50. The second-order valence-electron chi connectivity index (χ2n) is 4.04. The quantitative estimate of drug-likeness (QED) is 0.546. The third-order valence-electron chi connectivity index (χ3n) is 2.50. The fraction of sp³-hybridized carbons (Fsp3) is 0.636. The van der Waals surface area contributed by atoms with E-state index in [1.54, 1.807) is 6.07 Å². The van der Waals surface area contributed by atoms with Crippen molar-refractivity contribution in [1.29, 1.82) is 0 Å². The maximum Gasteiger partial charge on any atom is 0.218 e. The van der Waals surface area contributed by atoms with Gasteiger partial charge in [-0.3, -0.25) is 0 Å². The Labute approximate surface area is 101 Å². The molecule has 1 saturated carbocycles. The molecule has 0 radical (unpaired) electrons. The molecule has 1 heterocycles. The monoisotopic (exact) mass is 238 g/mol. The van der Waals surface area contributed by atoms with Gasteiger partial charge in [-0.25, -0.2) is 10.8 Å². The largest absolute Gasteiger partial charge is 0.477 e. The van der Waals surface area contributed by atoms with Crippen molar-refractivity contribution < 1.29 is 9.47 Å². The van der Waals surface area contributed by atoms with E-state index in [0.29, 0.717) is 36.7 Å². The molecule has 0 spiro atoms. The van der Waals surface area contributed by atoms with Gasteiger partial charge in [-0.1, -0.05) is 0 Å². The van der Waals surface area contributed by atoms with E-state index in [-0.39, 0.29) is 0 Å². The standard InChI is InChI=1S/C11H18N4O2/c1-2-16-7-10-13-9(15-12)5-11(14-10)17-6-8-3-4-8/h5,8H,2-4,6-7,12H2,1H3,(H,13,14,15). The maximum absolute atomic E-state index is 5.59. The van der Waals surface area contributed by atoms with Crippen molar-refractivity contribution >= 4 is 5.82 Å². The normalized spacial score (nSPS) is 14.7. The van der Waals surface area contributed by atoms with Crippen molar-refractivity contribution in [3.8, 4) is 5.88 Å². The molecule has 0 aliphatic heterocycles. The van der Waals surface area contributed by atoms with Crippen LogP contribution in [0.25, 0.3) is 0 Å². The summed E-state index contributed by atoms with van der Waals surface area (Å²) in [6, 6.07) is 1.69. The Morgan fingerprint density at radius 2 is 2.29 bits per heavy atom. The van der Waals surface area contributed by atoms with Crippen LogP contribution in [0.5, 0.6) is 5.88 Å². The average molecular weight is 238 g/mol. The Hall–Kier alpha value is -1.40. The van der Waals surface area contributed by atoms with Gasteiger partial charge >= 0.3 is 0 Å². The minimum atomic E-state index is 0.367. The van der Waals surface area contributed by atoms with Crippen LogP contribution in [0.4, 0.5) is 5.82 Å². The number of anilines is 1. The van der Waals surface area contributed by atoms with Crippen molar-refractivity contribution in [1.82, 2.24) is 9.97 Å². The van der Waals surface area contributed by atoms with E-state index < -0.39 is 0 Å². The molecule has 6 nitrogen and oxygen atoms in total. The van der Waals surface area contributed by atoms with Gasteiger partial charge in [0.15, 0.2) is 5.82 Å². The molecule has 1 aliphatic carbocycles. The number of hydrogen-bond donors (Lipinski definition) is 2. The summed E-state index contributed by atoms with van der Waals surface area (Å²) < 4.78 is 10.9. The van der Waals surface area contributed by atoms with Gasteiger partial charge in [0.1, 0.15) is 12.4 Å². The van der Waals surface area contributed by atoms with Crippen LogP contribution in [0.15, 0.2) is 6.07 Å². The first kappa shape index (κ1) is 12.1. The van der Waals surface area contributed by atoms with Crippen LogP contribution in [0, 0.1) is 5.92 Å². The number of nitrogens with zero attached hydrogens (tertiary/aromatic N) is 2. The maximum atomic E-state index is 5.59. The smallest absolute Gasteiger partial charge is 0.218 e. The molecule has 6 heteroatoms. The lowest BCUT2D eigenvalue weighted by atomic mass is 10.4. The first-order valence-corrected chi connectivity index (χ1v) is 5.87. The molecular weight excluding hydrogens is 220 g/mol. The first-order chi connectivity index (χ1) is 8.31. The molecule has 17 heavy (non-hydrogen) atoms. The van der Waals surface area contributed by atoms with Gasteiger partial charge in [0, 0.05) is 12.7 Å². The summed E-state index contributed by atoms with van der Waals surface area (Å²) >= 11 is 0. The van der Waals surface area contributed by atoms with Gasteiger partial charge in [0.2, 0.25) is 5.88 Å². The van der Waals surface area contributed by atoms with Crippen LogP contribution < -0.4 is 16.0 Å². The Morgan fingerprint density at radius 1 is 1.47 bits per heavy atom. The Bertz CT molecular complexity index is 368. The van der Waals surface area contributed by atoms with E-state index in [1.807, 2.05) is 6.92 Å². The third-order valence-corrected chi connectivity index (χ3v) is 2.50. The summed E-state index contributed by atoms with van der Waals surface area (Å²) in [5, 5.41) is 0. The predicted molar refractivity (Wildman–Crippen MR) is 63.4 cm³/mol. The molecule has 1 aromatic heterocycles. The number of nitrogen functional groups attached to an aromatic ring is 1. The summed E-state index contributed by atoms with van der Waals surface area (Å²) in [5.41, 5.74) is 2.50. The summed E-state index contributed by atoms with van der Waals surface area (Å²) in [7, 11) is 0. The molecular formula is C11H18N4O2. The lowest BCUT2D eigenvalue weighted by molar-refractivity contribution is 0.127.